The lowest BCUT2D eigenvalue weighted by Gasteiger charge is -2.38. The summed E-state index contributed by atoms with van der Waals surface area (Å²) < 4.78 is 23.3. The second-order valence-electron chi connectivity index (χ2n) is 6.18. The van der Waals surface area contributed by atoms with E-state index >= 15 is 0 Å². The van der Waals surface area contributed by atoms with E-state index in [1.807, 2.05) is 4.90 Å². The van der Waals surface area contributed by atoms with Gasteiger partial charge in [0.05, 0.1) is 10.5 Å². The smallest absolute Gasteiger partial charge is 0.158 e. The van der Waals surface area contributed by atoms with Crippen LogP contribution >= 0.6 is 11.6 Å². The molecule has 1 saturated carbocycles. The lowest BCUT2D eigenvalue weighted by Crippen LogP contribution is -2.53. The molecule has 3 rings (SSSR count). The van der Waals surface area contributed by atoms with Crippen LogP contribution in [0.1, 0.15) is 38.4 Å². The van der Waals surface area contributed by atoms with Crippen LogP contribution in [0.15, 0.2) is 6.07 Å². The maximum atomic E-state index is 12.0. The van der Waals surface area contributed by atoms with Crippen molar-refractivity contribution < 1.29 is 8.42 Å². The highest BCUT2D eigenvalue weighted by Crippen LogP contribution is 2.39. The van der Waals surface area contributed by atoms with E-state index in [9.17, 15) is 8.42 Å². The minimum atomic E-state index is -3.04. The molecule has 0 amide bonds. The molecule has 0 atom stereocenters. The maximum Gasteiger partial charge on any atom is 0.158 e. The highest BCUT2D eigenvalue weighted by molar-refractivity contribution is 7.92. The highest BCUT2D eigenvalue weighted by atomic mass is 35.5. The topological polar surface area (TPSA) is 63.2 Å². The molecule has 2 fully saturated rings. The molecule has 1 saturated heterocycles. The summed E-state index contributed by atoms with van der Waals surface area (Å²) in [7, 11) is -3.04. The van der Waals surface area contributed by atoms with Gasteiger partial charge in [0, 0.05) is 25.1 Å². The molecule has 110 valence electrons. The molecular weight excluding hydrogens is 298 g/mol. The molecule has 2 aliphatic rings. The van der Waals surface area contributed by atoms with Crippen molar-refractivity contribution in [1.82, 2.24) is 9.97 Å². The molecular formula is C13H18ClN3O2S. The number of halogens is 1. The van der Waals surface area contributed by atoms with Gasteiger partial charge >= 0.3 is 0 Å². The summed E-state index contributed by atoms with van der Waals surface area (Å²) in [6.45, 7) is 4.42. The zero-order valence-corrected chi connectivity index (χ0v) is 13.2. The Balaban J connectivity index is 1.90. The third kappa shape index (κ3) is 2.51. The Morgan fingerprint density at radius 1 is 1.35 bits per heavy atom. The van der Waals surface area contributed by atoms with Crippen LogP contribution in [-0.4, -0.2) is 42.0 Å². The molecule has 20 heavy (non-hydrogen) atoms. The first-order valence-corrected chi connectivity index (χ1v) is 8.83. The van der Waals surface area contributed by atoms with Crippen LogP contribution < -0.4 is 4.90 Å². The third-order valence-corrected chi connectivity index (χ3v) is 6.74. The first-order chi connectivity index (χ1) is 9.28. The van der Waals surface area contributed by atoms with Crippen LogP contribution in [0.25, 0.3) is 0 Å². The van der Waals surface area contributed by atoms with Crippen molar-refractivity contribution in [2.45, 2.75) is 37.4 Å². The average Bonchev–Trinajstić information content (AvgIpc) is 3.16. The summed E-state index contributed by atoms with van der Waals surface area (Å²) in [6, 6.07) is 1.72. The van der Waals surface area contributed by atoms with E-state index in [0.29, 0.717) is 24.2 Å². The summed E-state index contributed by atoms with van der Waals surface area (Å²) in [5, 5.41) is 0.433. The van der Waals surface area contributed by atoms with Gasteiger partial charge in [-0.2, -0.15) is 0 Å². The van der Waals surface area contributed by atoms with E-state index in [0.717, 1.165) is 24.5 Å². The van der Waals surface area contributed by atoms with E-state index in [-0.39, 0.29) is 5.75 Å². The van der Waals surface area contributed by atoms with Crippen molar-refractivity contribution in [2.24, 2.45) is 0 Å². The fourth-order valence-electron chi connectivity index (χ4n) is 2.45. The van der Waals surface area contributed by atoms with Gasteiger partial charge in [-0.25, -0.2) is 18.4 Å². The molecule has 1 aliphatic heterocycles. The predicted octanol–water partition coefficient (Wildman–Crippen LogP) is 2.02. The molecule has 0 aromatic carbocycles. The first-order valence-electron chi connectivity index (χ1n) is 6.80. The summed E-state index contributed by atoms with van der Waals surface area (Å²) in [6.07, 6.45) is 2.22. The van der Waals surface area contributed by atoms with Crippen LogP contribution in [0.4, 0.5) is 5.82 Å². The Labute approximate surface area is 124 Å². The monoisotopic (exact) mass is 315 g/mol. The molecule has 0 N–H and O–H groups in total. The summed E-state index contributed by atoms with van der Waals surface area (Å²) in [4.78, 5) is 10.8. The van der Waals surface area contributed by atoms with E-state index in [4.69, 9.17) is 11.6 Å². The van der Waals surface area contributed by atoms with Crippen LogP contribution in [0.5, 0.6) is 0 Å². The number of sulfone groups is 1. The van der Waals surface area contributed by atoms with Crippen LogP contribution in [-0.2, 0) is 9.84 Å². The average molecular weight is 316 g/mol. The number of aromatic nitrogens is 2. The first kappa shape index (κ1) is 14.1. The fraction of sp³-hybridized carbons (Fsp3) is 0.692. The lowest BCUT2D eigenvalue weighted by atomic mass is 10.2. The second-order valence-corrected chi connectivity index (χ2v) is 9.31. The van der Waals surface area contributed by atoms with Gasteiger partial charge in [-0.15, -0.1) is 0 Å². The highest BCUT2D eigenvalue weighted by Gasteiger charge is 2.40. The molecule has 1 aromatic rings. The van der Waals surface area contributed by atoms with Gasteiger partial charge in [-0.1, -0.05) is 11.6 Å². The Kier molecular flexibility index (Phi) is 3.21. The molecule has 0 spiro atoms. The lowest BCUT2D eigenvalue weighted by molar-refractivity contribution is 0.521. The maximum absolute atomic E-state index is 12.0. The molecule has 5 nitrogen and oxygen atoms in total. The van der Waals surface area contributed by atoms with Crippen molar-refractivity contribution in [2.75, 3.05) is 23.7 Å². The zero-order chi connectivity index (χ0) is 14.5. The molecule has 0 unspecified atom stereocenters. The molecule has 0 bridgehead atoms. The molecule has 1 aromatic heterocycles. The Morgan fingerprint density at radius 2 is 2.05 bits per heavy atom. The second kappa shape index (κ2) is 4.56. The quantitative estimate of drug-likeness (QED) is 0.781. The van der Waals surface area contributed by atoms with E-state index in [1.54, 1.807) is 19.9 Å². The molecule has 0 radical (unpaired) electrons. The van der Waals surface area contributed by atoms with Gasteiger partial charge in [0.2, 0.25) is 0 Å². The Bertz CT molecular complexity index is 641. The number of rotatable bonds is 2. The van der Waals surface area contributed by atoms with Gasteiger partial charge in [0.1, 0.15) is 16.8 Å². The van der Waals surface area contributed by atoms with Crippen LogP contribution in [0.2, 0.25) is 5.15 Å². The summed E-state index contributed by atoms with van der Waals surface area (Å²) >= 11 is 6.07. The van der Waals surface area contributed by atoms with Gasteiger partial charge in [-0.05, 0) is 26.7 Å². The van der Waals surface area contributed by atoms with Crippen LogP contribution in [0, 0.1) is 0 Å². The van der Waals surface area contributed by atoms with Gasteiger partial charge in [0.25, 0.3) is 0 Å². The normalized spacial score (nSPS) is 24.6. The van der Waals surface area contributed by atoms with Gasteiger partial charge in [0.15, 0.2) is 9.84 Å². The third-order valence-electron chi connectivity index (χ3n) is 4.01. The van der Waals surface area contributed by atoms with Crippen molar-refractivity contribution in [1.29, 1.82) is 0 Å². The van der Waals surface area contributed by atoms with E-state index < -0.39 is 14.6 Å². The zero-order valence-electron chi connectivity index (χ0n) is 11.6. The van der Waals surface area contributed by atoms with Crippen LogP contribution in [0.3, 0.4) is 0 Å². The van der Waals surface area contributed by atoms with Crippen molar-refractivity contribution >= 4 is 27.3 Å². The van der Waals surface area contributed by atoms with Crippen molar-refractivity contribution in [3.05, 3.63) is 17.0 Å². The number of hydrogen-bond acceptors (Lipinski definition) is 5. The molecule has 7 heteroatoms. The Hall–Kier alpha value is -0.880. The van der Waals surface area contributed by atoms with E-state index in [1.165, 1.54) is 0 Å². The van der Waals surface area contributed by atoms with Gasteiger partial charge < -0.3 is 4.90 Å². The minimum absolute atomic E-state index is 0.153. The standard InChI is InChI=1S/C13H18ClN3O2S/c1-13(2)8-17(5-6-20(13,18)19)11-7-10(14)15-12(16-11)9-3-4-9/h7,9H,3-6,8H2,1-2H3. The number of anilines is 1. The summed E-state index contributed by atoms with van der Waals surface area (Å²) in [5.41, 5.74) is 0. The van der Waals surface area contributed by atoms with Crippen molar-refractivity contribution in [3.63, 3.8) is 0 Å². The number of nitrogens with zero attached hydrogens (tertiary/aromatic N) is 3. The minimum Gasteiger partial charge on any atom is -0.354 e. The predicted molar refractivity (Wildman–Crippen MR) is 79.1 cm³/mol. The largest absolute Gasteiger partial charge is 0.354 e. The number of hydrogen-bond donors (Lipinski definition) is 0. The SMILES string of the molecule is CC1(C)CN(c2cc(Cl)nc(C3CC3)n2)CCS1(=O)=O. The van der Waals surface area contributed by atoms with Gasteiger partial charge in [-0.3, -0.25) is 0 Å². The van der Waals surface area contributed by atoms with Crippen molar-refractivity contribution in [3.8, 4) is 0 Å². The molecule has 2 heterocycles. The molecule has 1 aliphatic carbocycles. The Morgan fingerprint density at radius 3 is 2.65 bits per heavy atom. The van der Waals surface area contributed by atoms with E-state index in [2.05, 4.69) is 9.97 Å². The fourth-order valence-corrected chi connectivity index (χ4v) is 4.00. The summed E-state index contributed by atoms with van der Waals surface area (Å²) in [5.74, 6) is 2.11.